The van der Waals surface area contributed by atoms with Gasteiger partial charge in [0, 0.05) is 0 Å². The van der Waals surface area contributed by atoms with Crippen LogP contribution in [0.4, 0.5) is 11.4 Å². The molecule has 154 valence electrons. The zero-order chi connectivity index (χ0) is 23.1. The Morgan fingerprint density at radius 2 is 0.839 bits per heavy atom. The van der Waals surface area contributed by atoms with Gasteiger partial charge in [-0.15, -0.1) is 24.3 Å². The van der Waals surface area contributed by atoms with Gasteiger partial charge in [-0.1, -0.05) is 36.4 Å². The number of hydrogen-bond donors (Lipinski definition) is 0. The van der Waals surface area contributed by atoms with Crippen LogP contribution in [0.3, 0.4) is 0 Å². The zero-order valence-corrected chi connectivity index (χ0v) is 19.7. The average molecular weight is 586 g/mol. The summed E-state index contributed by atoms with van der Waals surface area (Å²) in [7, 11) is 0. The molecule has 0 N–H and O–H groups in total. The number of para-hydroxylation sites is 2. The van der Waals surface area contributed by atoms with Crippen LogP contribution in [0.2, 0.25) is 0 Å². The summed E-state index contributed by atoms with van der Waals surface area (Å²) < 4.78 is 0. The smallest absolute Gasteiger partial charge is 0.299 e. The summed E-state index contributed by atoms with van der Waals surface area (Å²) in [5, 5.41) is 32.5. The molecule has 0 fully saturated rings. The molecule has 0 heterocycles. The third-order valence-electron chi connectivity index (χ3n) is 3.80. The van der Waals surface area contributed by atoms with Crippen LogP contribution in [0.1, 0.15) is 22.3 Å². The first-order valence-corrected chi connectivity index (χ1v) is 8.53. The van der Waals surface area contributed by atoms with Gasteiger partial charge < -0.3 is 0 Å². The molecule has 0 radical (unpaired) electrons. The summed E-state index contributed by atoms with van der Waals surface area (Å²) in [5.41, 5.74) is 5.85. The Bertz CT molecular complexity index is 968. The van der Waals surface area contributed by atoms with Gasteiger partial charge in [0.25, 0.3) is 0 Å². The topological polar surface area (TPSA) is 104 Å². The van der Waals surface area contributed by atoms with Crippen molar-refractivity contribution in [2.24, 2.45) is 0 Å². The fraction of sp³-hybridized carbons (Fsp3) is 0.167. The van der Waals surface area contributed by atoms with Crippen molar-refractivity contribution in [3.63, 3.8) is 0 Å². The molecule has 0 spiro atoms. The van der Waals surface area contributed by atoms with Crippen molar-refractivity contribution in [1.82, 2.24) is 0 Å². The molecular weight excluding hydrogens is 567 g/mol. The quantitative estimate of drug-likeness (QED) is 0.387. The van der Waals surface area contributed by atoms with Crippen molar-refractivity contribution in [2.45, 2.75) is 27.7 Å². The standard InChI is InChI=1S/2C9H9N.C6N4.Pt/c2*1-7-5-4-6-8(2)9(7)10-3;7-1-5(2-8)6(3-9)4-10;/h2*4-6H,1-2H3;;/q;;-2;+2. The van der Waals surface area contributed by atoms with E-state index in [1.165, 1.54) is 24.3 Å². The largest absolute Gasteiger partial charge is 2.00 e. The minimum atomic E-state index is -0.440. The first-order valence-electron chi connectivity index (χ1n) is 8.53. The maximum atomic E-state index is 8.13. The number of aryl methyl sites for hydroxylation is 4. The van der Waals surface area contributed by atoms with E-state index in [0.717, 1.165) is 33.6 Å². The van der Waals surface area contributed by atoms with Gasteiger partial charge in [-0.2, -0.15) is 0 Å². The van der Waals surface area contributed by atoms with E-state index in [-0.39, 0.29) is 21.1 Å². The molecule has 2 rings (SSSR count). The van der Waals surface area contributed by atoms with Crippen LogP contribution < -0.4 is 0 Å². The van der Waals surface area contributed by atoms with E-state index in [2.05, 4.69) is 9.69 Å². The molecule has 0 bridgehead atoms. The summed E-state index contributed by atoms with van der Waals surface area (Å²) in [5.74, 6) is -0.880. The van der Waals surface area contributed by atoms with E-state index in [1.807, 2.05) is 64.1 Å². The molecule has 0 unspecified atom stereocenters. The van der Waals surface area contributed by atoms with E-state index >= 15 is 0 Å². The molecule has 6 nitrogen and oxygen atoms in total. The van der Waals surface area contributed by atoms with Crippen molar-refractivity contribution in [3.8, 4) is 24.3 Å². The molecule has 0 aliphatic heterocycles. The minimum absolute atomic E-state index is 0. The fourth-order valence-electron chi connectivity index (χ4n) is 2.24. The van der Waals surface area contributed by atoms with Crippen LogP contribution in [-0.2, 0) is 21.1 Å². The van der Waals surface area contributed by atoms with Gasteiger partial charge >= 0.3 is 21.1 Å². The number of nitrogens with zero attached hydrogens (tertiary/aromatic N) is 6. The molecule has 2 aromatic carbocycles. The monoisotopic (exact) mass is 585 g/mol. The van der Waals surface area contributed by atoms with Crippen molar-refractivity contribution in [3.05, 3.63) is 93.3 Å². The van der Waals surface area contributed by atoms with Crippen molar-refractivity contribution in [2.75, 3.05) is 0 Å². The number of rotatable bonds is 1. The maximum absolute atomic E-state index is 8.13. The third kappa shape index (κ3) is 9.23. The third-order valence-corrected chi connectivity index (χ3v) is 3.80. The van der Waals surface area contributed by atoms with E-state index in [9.17, 15) is 0 Å². The molecule has 7 heteroatoms. The first-order chi connectivity index (χ1) is 14.3. The molecule has 0 amide bonds. The van der Waals surface area contributed by atoms with Crippen LogP contribution in [0.25, 0.3) is 9.69 Å². The normalized spacial score (nSPS) is 7.55. The number of benzene rings is 2. The first kappa shape index (κ1) is 29.0. The molecule has 0 aromatic heterocycles. The van der Waals surface area contributed by atoms with E-state index in [0.29, 0.717) is 0 Å². The van der Waals surface area contributed by atoms with Crippen LogP contribution in [-0.4, -0.2) is 0 Å². The summed E-state index contributed by atoms with van der Waals surface area (Å²) >= 11 is 0. The summed E-state index contributed by atoms with van der Waals surface area (Å²) in [6.07, 6.45) is 0. The molecule has 2 aromatic rings. The zero-order valence-electron chi connectivity index (χ0n) is 17.5. The van der Waals surface area contributed by atoms with Crippen LogP contribution in [0.5, 0.6) is 0 Å². The number of nitriles is 4. The van der Waals surface area contributed by atoms with Gasteiger partial charge in [-0.05, 0) is 49.9 Å². The van der Waals surface area contributed by atoms with Gasteiger partial charge in [-0.3, -0.25) is 11.8 Å². The predicted octanol–water partition coefficient (Wildman–Crippen LogP) is 5.94. The molecule has 0 aliphatic rings. The van der Waals surface area contributed by atoms with Gasteiger partial charge in [0.2, 0.25) is 0 Å². The maximum Gasteiger partial charge on any atom is 2.00 e. The predicted molar refractivity (Wildman–Crippen MR) is 113 cm³/mol. The van der Waals surface area contributed by atoms with E-state index in [4.69, 9.17) is 34.2 Å². The average Bonchev–Trinajstić information content (AvgIpc) is 2.73. The van der Waals surface area contributed by atoms with Crippen LogP contribution >= 0.6 is 0 Å². The SMILES string of the molecule is N#C[C-](C#N)[C-](C#N)C#N.[C-]#[N+]c1c(C)cccc1C.[C-]#[N+]c1c(C)cccc1C.[Pt+2]. The minimum Gasteiger partial charge on any atom is -0.299 e. The Morgan fingerprint density at radius 1 is 0.613 bits per heavy atom. The van der Waals surface area contributed by atoms with Crippen LogP contribution in [0, 0.1) is 98.0 Å². The Hall–Kier alpha value is -4.19. The molecule has 0 saturated heterocycles. The molecule has 0 saturated carbocycles. The summed E-state index contributed by atoms with van der Waals surface area (Å²) in [6.45, 7) is 21.5. The van der Waals surface area contributed by atoms with Crippen molar-refractivity contribution < 1.29 is 21.1 Å². The van der Waals surface area contributed by atoms with E-state index < -0.39 is 11.8 Å². The van der Waals surface area contributed by atoms with Gasteiger partial charge in [0.05, 0.1) is 13.1 Å². The Morgan fingerprint density at radius 3 is 0.968 bits per heavy atom. The fourth-order valence-corrected chi connectivity index (χ4v) is 2.24. The van der Waals surface area contributed by atoms with E-state index in [1.54, 1.807) is 0 Å². The van der Waals surface area contributed by atoms with Gasteiger partial charge in [-0.25, -0.2) is 30.7 Å². The van der Waals surface area contributed by atoms with Gasteiger partial charge in [0.1, 0.15) is 0 Å². The Kier molecular flexibility index (Phi) is 14.7. The Labute approximate surface area is 198 Å². The number of hydrogen-bond acceptors (Lipinski definition) is 4. The second-order valence-electron chi connectivity index (χ2n) is 5.90. The molecule has 0 aliphatic carbocycles. The Balaban J connectivity index is 0. The van der Waals surface area contributed by atoms with Crippen molar-refractivity contribution >= 4 is 11.4 Å². The second-order valence-corrected chi connectivity index (χ2v) is 5.90. The molecule has 31 heavy (non-hydrogen) atoms. The summed E-state index contributed by atoms with van der Waals surface area (Å²) in [6, 6.07) is 17.5. The van der Waals surface area contributed by atoms with Crippen molar-refractivity contribution in [1.29, 1.82) is 21.0 Å². The van der Waals surface area contributed by atoms with Crippen LogP contribution in [0.15, 0.2) is 36.4 Å². The second kappa shape index (κ2) is 15.7. The molecular formula is C24H18N6Pt. The summed E-state index contributed by atoms with van der Waals surface area (Å²) in [4.78, 5) is 6.84. The van der Waals surface area contributed by atoms with Gasteiger partial charge in [0.15, 0.2) is 11.4 Å². The molecule has 0 atom stereocenters.